The maximum Gasteiger partial charge on any atom is 0.322 e. The Kier molecular flexibility index (Phi) is 4.49. The third kappa shape index (κ3) is 3.39. The number of nitrogens with one attached hydrogen (secondary N) is 2. The first kappa shape index (κ1) is 16.4. The molecule has 1 aliphatic rings. The number of piperazine rings is 1. The molecule has 128 valence electrons. The lowest BCUT2D eigenvalue weighted by atomic mass is 10.3. The minimum atomic E-state index is -3.68. The number of anilines is 1. The number of aromatic nitrogens is 2. The predicted molar refractivity (Wildman–Crippen MR) is 84.3 cm³/mol. The number of rotatable bonds is 3. The van der Waals surface area contributed by atoms with Crippen molar-refractivity contribution in [1.82, 2.24) is 19.4 Å². The van der Waals surface area contributed by atoms with Crippen LogP contribution < -0.4 is 5.32 Å². The average molecular weight is 353 g/mol. The smallest absolute Gasteiger partial charge is 0.322 e. The van der Waals surface area contributed by atoms with Gasteiger partial charge in [-0.1, -0.05) is 0 Å². The summed E-state index contributed by atoms with van der Waals surface area (Å²) in [5.41, 5.74) is 0.543. The number of urea groups is 1. The lowest BCUT2D eigenvalue weighted by Gasteiger charge is -2.33. The van der Waals surface area contributed by atoms with Gasteiger partial charge in [0, 0.05) is 32.4 Å². The van der Waals surface area contributed by atoms with E-state index in [9.17, 15) is 17.6 Å². The van der Waals surface area contributed by atoms with Crippen molar-refractivity contribution >= 4 is 21.7 Å². The molecular weight excluding hydrogens is 337 g/mol. The van der Waals surface area contributed by atoms with Gasteiger partial charge in [-0.3, -0.25) is 5.10 Å². The van der Waals surface area contributed by atoms with Crippen LogP contribution in [-0.4, -0.2) is 60.0 Å². The number of H-pyrrole nitrogens is 1. The number of hydrogen-bond acceptors (Lipinski definition) is 4. The van der Waals surface area contributed by atoms with E-state index >= 15 is 0 Å². The first-order valence-electron chi connectivity index (χ1n) is 7.27. The van der Waals surface area contributed by atoms with Crippen molar-refractivity contribution < 1.29 is 17.6 Å². The molecule has 0 unspecified atom stereocenters. The zero-order valence-corrected chi connectivity index (χ0v) is 13.5. The fraction of sp³-hybridized carbons (Fsp3) is 0.286. The van der Waals surface area contributed by atoms with Gasteiger partial charge in [-0.05, 0) is 24.3 Å². The quantitative estimate of drug-likeness (QED) is 0.863. The lowest BCUT2D eigenvalue weighted by molar-refractivity contribution is 0.184. The summed E-state index contributed by atoms with van der Waals surface area (Å²) in [6, 6.07) is 4.39. The summed E-state index contributed by atoms with van der Waals surface area (Å²) < 4.78 is 39.2. The second kappa shape index (κ2) is 6.57. The Balaban J connectivity index is 1.62. The molecule has 0 atom stereocenters. The molecule has 0 radical (unpaired) electrons. The van der Waals surface area contributed by atoms with Crippen molar-refractivity contribution in [3.63, 3.8) is 0 Å². The van der Waals surface area contributed by atoms with E-state index in [1.54, 1.807) is 6.20 Å². The van der Waals surface area contributed by atoms with Crippen molar-refractivity contribution in [3.8, 4) is 0 Å². The first-order valence-corrected chi connectivity index (χ1v) is 8.71. The summed E-state index contributed by atoms with van der Waals surface area (Å²) in [5.74, 6) is -0.491. The third-order valence-electron chi connectivity index (χ3n) is 3.73. The number of nitrogens with zero attached hydrogens (tertiary/aromatic N) is 3. The van der Waals surface area contributed by atoms with Crippen LogP contribution in [0.25, 0.3) is 0 Å². The van der Waals surface area contributed by atoms with E-state index in [0.29, 0.717) is 5.69 Å². The van der Waals surface area contributed by atoms with Crippen molar-refractivity contribution in [2.75, 3.05) is 31.5 Å². The molecule has 24 heavy (non-hydrogen) atoms. The van der Waals surface area contributed by atoms with Crippen molar-refractivity contribution in [3.05, 3.63) is 42.5 Å². The molecule has 2 heterocycles. The van der Waals surface area contributed by atoms with Gasteiger partial charge in [0.25, 0.3) is 0 Å². The second-order valence-corrected chi connectivity index (χ2v) is 7.20. The third-order valence-corrected chi connectivity index (χ3v) is 5.64. The highest BCUT2D eigenvalue weighted by atomic mass is 32.2. The molecule has 2 aromatic rings. The Morgan fingerprint density at radius 1 is 1.17 bits per heavy atom. The van der Waals surface area contributed by atoms with Crippen LogP contribution in [-0.2, 0) is 10.0 Å². The van der Waals surface area contributed by atoms with Crippen LogP contribution >= 0.6 is 0 Å². The molecule has 10 heteroatoms. The summed E-state index contributed by atoms with van der Waals surface area (Å²) in [6.45, 7) is 0.894. The second-order valence-electron chi connectivity index (χ2n) is 5.26. The molecule has 1 aromatic heterocycles. The van der Waals surface area contributed by atoms with E-state index in [2.05, 4.69) is 15.5 Å². The fourth-order valence-electron chi connectivity index (χ4n) is 2.41. The van der Waals surface area contributed by atoms with Gasteiger partial charge in [-0.2, -0.15) is 9.40 Å². The molecule has 1 aliphatic heterocycles. The Morgan fingerprint density at radius 3 is 2.42 bits per heavy atom. The van der Waals surface area contributed by atoms with Crippen LogP contribution in [0.1, 0.15) is 0 Å². The van der Waals surface area contributed by atoms with E-state index in [4.69, 9.17) is 0 Å². The molecule has 0 bridgehead atoms. The molecule has 2 amide bonds. The van der Waals surface area contributed by atoms with Crippen molar-refractivity contribution in [2.24, 2.45) is 0 Å². The van der Waals surface area contributed by atoms with E-state index in [0.717, 1.165) is 12.1 Å². The highest BCUT2D eigenvalue weighted by Crippen LogP contribution is 2.18. The van der Waals surface area contributed by atoms with Gasteiger partial charge in [0.05, 0.1) is 16.8 Å². The summed E-state index contributed by atoms with van der Waals surface area (Å²) in [5, 5.41) is 8.99. The van der Waals surface area contributed by atoms with Gasteiger partial charge in [-0.15, -0.1) is 0 Å². The highest BCUT2D eigenvalue weighted by Gasteiger charge is 2.30. The molecule has 1 aromatic carbocycles. The molecule has 2 N–H and O–H groups in total. The molecule has 3 rings (SSSR count). The number of hydrogen-bond donors (Lipinski definition) is 2. The molecule has 1 saturated heterocycles. The minimum absolute atomic E-state index is 0.0419. The van der Waals surface area contributed by atoms with Gasteiger partial charge in [0.1, 0.15) is 5.82 Å². The van der Waals surface area contributed by atoms with Gasteiger partial charge < -0.3 is 10.2 Å². The molecule has 8 nitrogen and oxygen atoms in total. The monoisotopic (exact) mass is 353 g/mol. The maximum atomic E-state index is 12.9. The summed E-state index contributed by atoms with van der Waals surface area (Å²) in [4.78, 5) is 13.7. The average Bonchev–Trinajstić information content (AvgIpc) is 3.08. The van der Waals surface area contributed by atoms with Gasteiger partial charge in [-0.25, -0.2) is 17.6 Å². The van der Waals surface area contributed by atoms with Crippen LogP contribution in [0.4, 0.5) is 14.9 Å². The number of amides is 2. The van der Waals surface area contributed by atoms with E-state index in [-0.39, 0.29) is 37.1 Å². The number of aromatic amines is 1. The van der Waals surface area contributed by atoms with Crippen LogP contribution in [0.2, 0.25) is 0 Å². The first-order chi connectivity index (χ1) is 11.5. The van der Waals surface area contributed by atoms with E-state index in [1.807, 2.05) is 0 Å². The van der Waals surface area contributed by atoms with Crippen LogP contribution in [0.3, 0.4) is 0 Å². The fourth-order valence-corrected chi connectivity index (χ4v) is 3.83. The Morgan fingerprint density at radius 2 is 1.83 bits per heavy atom. The Bertz CT molecular complexity index is 799. The molecule has 0 spiro atoms. The minimum Gasteiger partial charge on any atom is -0.322 e. The Hall–Kier alpha value is -2.46. The summed E-state index contributed by atoms with van der Waals surface area (Å²) >= 11 is 0. The van der Waals surface area contributed by atoms with Gasteiger partial charge >= 0.3 is 6.03 Å². The number of carbonyl (C=O) groups excluding carboxylic acids is 1. The summed E-state index contributed by atoms with van der Waals surface area (Å²) in [7, 11) is -3.68. The summed E-state index contributed by atoms with van der Waals surface area (Å²) in [6.07, 6.45) is 3.03. The SMILES string of the molecule is O=C(Nc1cn[nH]c1)N1CCN(S(=O)(=O)c2ccc(F)cc2)CC1. The molecule has 0 aliphatic carbocycles. The van der Waals surface area contributed by atoms with E-state index < -0.39 is 15.8 Å². The van der Waals surface area contributed by atoms with Crippen LogP contribution in [0.5, 0.6) is 0 Å². The normalized spacial score (nSPS) is 16.1. The van der Waals surface area contributed by atoms with Gasteiger partial charge in [0.2, 0.25) is 10.0 Å². The maximum absolute atomic E-state index is 12.9. The van der Waals surface area contributed by atoms with Crippen LogP contribution in [0, 0.1) is 5.82 Å². The standard InChI is InChI=1S/C14H16FN5O3S/c15-11-1-3-13(4-2-11)24(22,23)20-7-5-19(6-8-20)14(21)18-12-9-16-17-10-12/h1-4,9-10H,5-8H2,(H,16,17)(H,18,21). The number of carbonyl (C=O) groups is 1. The van der Waals surface area contributed by atoms with Gasteiger partial charge in [0.15, 0.2) is 0 Å². The number of halogens is 1. The zero-order chi connectivity index (χ0) is 17.2. The number of sulfonamides is 1. The highest BCUT2D eigenvalue weighted by molar-refractivity contribution is 7.89. The lowest BCUT2D eigenvalue weighted by Crippen LogP contribution is -2.51. The topological polar surface area (TPSA) is 98.4 Å². The zero-order valence-electron chi connectivity index (χ0n) is 12.6. The molecule has 1 fully saturated rings. The van der Waals surface area contributed by atoms with Crippen molar-refractivity contribution in [2.45, 2.75) is 4.90 Å². The Labute approximate surface area is 138 Å². The predicted octanol–water partition coefficient (Wildman–Crippen LogP) is 1.09. The van der Waals surface area contributed by atoms with Crippen LogP contribution in [0.15, 0.2) is 41.6 Å². The largest absolute Gasteiger partial charge is 0.322 e. The van der Waals surface area contributed by atoms with Crippen molar-refractivity contribution in [1.29, 1.82) is 0 Å². The number of benzene rings is 1. The van der Waals surface area contributed by atoms with E-state index in [1.165, 1.54) is 27.5 Å². The molecular formula is C14H16FN5O3S. The molecule has 0 saturated carbocycles.